The number of oxime groups is 1. The van der Waals surface area contributed by atoms with Crippen LogP contribution < -0.4 is 15.4 Å². The molecule has 2 aromatic rings. The maximum absolute atomic E-state index is 14.5. The average molecular weight is 772 g/mol. The van der Waals surface area contributed by atoms with E-state index in [2.05, 4.69) is 57.4 Å². The number of fused-ring (bicyclic) bond motifs is 6. The number of ether oxygens (including phenoxy) is 1. The first kappa shape index (κ1) is 38.3. The lowest BCUT2D eigenvalue weighted by molar-refractivity contribution is -0.143. The van der Waals surface area contributed by atoms with Crippen molar-refractivity contribution >= 4 is 45.6 Å². The van der Waals surface area contributed by atoms with Crippen LogP contribution in [-0.2, 0) is 34.0 Å². The Morgan fingerprint density at radius 3 is 2.49 bits per heavy atom. The van der Waals surface area contributed by atoms with Crippen molar-refractivity contribution in [2.45, 2.75) is 101 Å². The fourth-order valence-corrected chi connectivity index (χ4v) is 9.04. The van der Waals surface area contributed by atoms with Crippen molar-refractivity contribution in [3.63, 3.8) is 0 Å². The van der Waals surface area contributed by atoms with E-state index in [1.165, 1.54) is 11.0 Å². The predicted octanol–water partition coefficient (Wildman–Crippen LogP) is 4.80. The number of hydrogen-bond acceptors (Lipinski definition) is 9. The summed E-state index contributed by atoms with van der Waals surface area (Å²) in [5, 5.41) is 9.60. The van der Waals surface area contributed by atoms with E-state index in [9.17, 15) is 27.6 Å². The molecule has 55 heavy (non-hydrogen) atoms. The summed E-state index contributed by atoms with van der Waals surface area (Å²) < 4.78 is 33.1. The quantitative estimate of drug-likeness (QED) is 0.300. The molecule has 13 nitrogen and oxygen atoms in total. The molecule has 5 atom stereocenters. The smallest absolute Gasteiger partial charge is 0.407 e. The summed E-state index contributed by atoms with van der Waals surface area (Å²) in [5.74, 6) is -2.55. The lowest BCUT2D eigenvalue weighted by Gasteiger charge is -2.35. The van der Waals surface area contributed by atoms with E-state index in [1.807, 2.05) is 24.3 Å². The van der Waals surface area contributed by atoms with Gasteiger partial charge in [0.15, 0.2) is 0 Å². The molecule has 7 rings (SSSR count). The molecule has 4 amide bonds. The maximum atomic E-state index is 14.5. The molecule has 2 heterocycles. The number of nitrogens with zero attached hydrogens (tertiary/aromatic N) is 2. The lowest BCUT2D eigenvalue weighted by Crippen LogP contribution is -2.60. The number of allylic oxidation sites excluding steroid dienone is 1. The van der Waals surface area contributed by atoms with Crippen molar-refractivity contribution in [2.24, 2.45) is 16.5 Å². The molecule has 4 bridgehead atoms. The number of rotatable bonds is 6. The molecule has 0 radical (unpaired) electrons. The van der Waals surface area contributed by atoms with Crippen LogP contribution >= 0.6 is 0 Å². The van der Waals surface area contributed by atoms with Crippen LogP contribution in [0.25, 0.3) is 17.2 Å². The van der Waals surface area contributed by atoms with E-state index in [0.717, 1.165) is 47.1 Å². The van der Waals surface area contributed by atoms with Gasteiger partial charge in [-0.1, -0.05) is 80.6 Å². The van der Waals surface area contributed by atoms with E-state index < -0.39 is 74.1 Å². The van der Waals surface area contributed by atoms with Crippen molar-refractivity contribution < 1.29 is 37.2 Å². The Morgan fingerprint density at radius 2 is 1.78 bits per heavy atom. The first-order valence-corrected chi connectivity index (χ1v) is 20.7. The van der Waals surface area contributed by atoms with E-state index in [-0.39, 0.29) is 26.0 Å². The van der Waals surface area contributed by atoms with Gasteiger partial charge in [-0.2, -0.15) is 0 Å². The molecule has 292 valence electrons. The van der Waals surface area contributed by atoms with Gasteiger partial charge in [0, 0.05) is 23.5 Å². The highest BCUT2D eigenvalue weighted by Crippen LogP contribution is 2.46. The highest BCUT2D eigenvalue weighted by atomic mass is 32.2. The number of alkyl carbamates (subject to hydrolysis) is 1. The van der Waals surface area contributed by atoms with Gasteiger partial charge in [-0.3, -0.25) is 19.1 Å². The Balaban J connectivity index is 1.22. The summed E-state index contributed by atoms with van der Waals surface area (Å²) in [6.07, 6.45) is 8.59. The van der Waals surface area contributed by atoms with Crippen molar-refractivity contribution in [2.75, 3.05) is 13.2 Å². The Kier molecular flexibility index (Phi) is 10.4. The average Bonchev–Trinajstić information content (AvgIpc) is 4.06. The van der Waals surface area contributed by atoms with Gasteiger partial charge in [0.05, 0.1) is 18.4 Å². The first-order chi connectivity index (χ1) is 26.2. The van der Waals surface area contributed by atoms with E-state index in [1.54, 1.807) is 20.8 Å². The Bertz CT molecular complexity index is 2070. The molecule has 0 unspecified atom stereocenters. The Hall–Kier alpha value is -4.98. The first-order valence-electron chi connectivity index (χ1n) is 19.1. The van der Waals surface area contributed by atoms with Crippen molar-refractivity contribution in [1.29, 1.82) is 0 Å². The maximum Gasteiger partial charge on any atom is 0.407 e. The van der Waals surface area contributed by atoms with Crippen LogP contribution in [0, 0.1) is 11.3 Å². The topological polar surface area (TPSA) is 173 Å². The van der Waals surface area contributed by atoms with Gasteiger partial charge >= 0.3 is 6.09 Å². The number of hydrogen-bond donors (Lipinski definition) is 3. The van der Waals surface area contributed by atoms with E-state index in [4.69, 9.17) is 9.57 Å². The monoisotopic (exact) mass is 771 g/mol. The van der Waals surface area contributed by atoms with Crippen LogP contribution in [0.1, 0.15) is 88.8 Å². The molecule has 3 N–H and O–H groups in total. The third kappa shape index (κ3) is 7.91. The minimum atomic E-state index is -3.90. The Morgan fingerprint density at radius 1 is 1.04 bits per heavy atom. The van der Waals surface area contributed by atoms with Gasteiger partial charge in [-0.25, -0.2) is 13.2 Å². The summed E-state index contributed by atoms with van der Waals surface area (Å²) >= 11 is 0. The second-order valence-electron chi connectivity index (χ2n) is 16.3. The number of carbonyl (C=O) groups is 4. The van der Waals surface area contributed by atoms with Crippen LogP contribution in [0.15, 0.2) is 66.4 Å². The molecule has 2 saturated carbocycles. The largest absolute Gasteiger partial charge is 0.450 e. The molecule has 3 aliphatic carbocycles. The summed E-state index contributed by atoms with van der Waals surface area (Å²) in [4.78, 5) is 63.0. The van der Waals surface area contributed by atoms with Crippen LogP contribution in [0.3, 0.4) is 0 Å². The zero-order chi connectivity index (χ0) is 39.1. The summed E-state index contributed by atoms with van der Waals surface area (Å²) in [6, 6.07) is 11.9. The SMILES string of the molecule is C=C[C@@H]1C[C@]1(NC(=O)[C@@H]1C[C@@H]2CN1C(=O)[C@H](C(C)(C)C)NC(=O)OCCCCC/C=C/c1ccc3c(c1)/C(=N\O2)c1ccccc1-3)C(=O)NS(=O)(=O)C1CC1. The second-order valence-corrected chi connectivity index (χ2v) is 18.2. The number of nitrogens with one attached hydrogen (secondary N) is 3. The third-order valence-corrected chi connectivity index (χ3v) is 12.9. The van der Waals surface area contributed by atoms with Gasteiger partial charge in [0.2, 0.25) is 21.8 Å². The number of benzene rings is 2. The molecular formula is C41H49N5O8S. The molecular weight excluding hydrogens is 723 g/mol. The standard InChI is InChI=1S/C41H49N5O8S/c1-5-26-23-41(26,38(49)45-55(51,52)28-17-18-28)43-36(47)33-22-27-24-46(33)37(48)35(40(2,3)4)42-39(50)53-20-12-8-6-7-9-13-25-16-19-30-29-14-10-11-15-31(29)34(44-54-27)32(30)21-25/h5,9-11,13-16,19,21,26-28,33,35H,1,6-8,12,17-18,20,22-24H2,2-4H3,(H,42,50)(H,43,47)(H,45,49)/b13-9+,44-34-/t26-,27-,33+,35-,41-/m1/s1. The fourth-order valence-electron chi connectivity index (χ4n) is 7.68. The molecule has 0 aromatic heterocycles. The molecule has 5 aliphatic rings. The van der Waals surface area contributed by atoms with Crippen LogP contribution in [0.2, 0.25) is 0 Å². The lowest BCUT2D eigenvalue weighted by atomic mass is 9.85. The van der Waals surface area contributed by atoms with Crippen molar-refractivity contribution in [1.82, 2.24) is 20.3 Å². The number of amides is 4. The van der Waals surface area contributed by atoms with Crippen LogP contribution in [0.5, 0.6) is 0 Å². The minimum absolute atomic E-state index is 0.0176. The normalized spacial score (nSPS) is 28.5. The number of cyclic esters (lactones) is 1. The summed E-state index contributed by atoms with van der Waals surface area (Å²) in [5.41, 5.74) is 3.13. The number of carbonyl (C=O) groups excluding carboxylic acids is 4. The molecule has 2 aromatic carbocycles. The molecule has 14 heteroatoms. The molecule has 3 fully saturated rings. The van der Waals surface area contributed by atoms with Gasteiger partial charge in [0.1, 0.15) is 29.4 Å². The van der Waals surface area contributed by atoms with Crippen molar-refractivity contribution in [3.8, 4) is 11.1 Å². The van der Waals surface area contributed by atoms with Gasteiger partial charge in [0.25, 0.3) is 5.91 Å². The predicted molar refractivity (Wildman–Crippen MR) is 207 cm³/mol. The highest BCUT2D eigenvalue weighted by molar-refractivity contribution is 7.91. The van der Waals surface area contributed by atoms with Gasteiger partial charge in [-0.05, 0) is 73.1 Å². The minimum Gasteiger partial charge on any atom is -0.450 e. The fraction of sp³-hybridized carbons (Fsp3) is 0.488. The summed E-state index contributed by atoms with van der Waals surface area (Å²) in [6.45, 7) is 9.33. The van der Waals surface area contributed by atoms with E-state index in [0.29, 0.717) is 25.0 Å². The zero-order valence-corrected chi connectivity index (χ0v) is 32.3. The van der Waals surface area contributed by atoms with Gasteiger partial charge < -0.3 is 25.1 Å². The molecule has 2 aliphatic heterocycles. The molecule has 1 saturated heterocycles. The summed E-state index contributed by atoms with van der Waals surface area (Å²) in [7, 11) is -3.90. The number of sulfonamides is 1. The van der Waals surface area contributed by atoms with Crippen molar-refractivity contribution in [3.05, 3.63) is 77.9 Å². The Labute approximate surface area is 322 Å². The van der Waals surface area contributed by atoms with E-state index >= 15 is 0 Å². The molecule has 0 spiro atoms. The van der Waals surface area contributed by atoms with Gasteiger partial charge in [-0.15, -0.1) is 6.58 Å². The third-order valence-electron chi connectivity index (χ3n) is 11.1. The second kappa shape index (κ2) is 14.9. The zero-order valence-electron chi connectivity index (χ0n) is 31.5. The van der Waals surface area contributed by atoms with Crippen LogP contribution in [-0.4, -0.2) is 85.0 Å². The van der Waals surface area contributed by atoms with Crippen LogP contribution in [0.4, 0.5) is 4.79 Å². The highest BCUT2D eigenvalue weighted by Gasteiger charge is 2.62.